The molecule has 3 fully saturated rings. The summed E-state index contributed by atoms with van der Waals surface area (Å²) in [7, 11) is 3.83. The number of likely N-dealkylation sites (tertiary alicyclic amines) is 2. The van der Waals surface area contributed by atoms with Crippen molar-refractivity contribution in [3.8, 4) is 0 Å². The molecule has 1 aromatic carbocycles. The number of aromatic amines is 1. The lowest BCUT2D eigenvalue weighted by Gasteiger charge is -2.30. The zero-order valence-corrected chi connectivity index (χ0v) is 43.4. The van der Waals surface area contributed by atoms with Crippen molar-refractivity contribution < 1.29 is 53.1 Å². The highest BCUT2D eigenvalue weighted by Crippen LogP contribution is 2.25. The summed E-state index contributed by atoms with van der Waals surface area (Å²) in [5.41, 5.74) is 1.60. The van der Waals surface area contributed by atoms with Crippen LogP contribution in [0.25, 0.3) is 10.9 Å². The first-order chi connectivity index (χ1) is 34.4. The van der Waals surface area contributed by atoms with Gasteiger partial charge in [-0.3, -0.25) is 47.9 Å². The van der Waals surface area contributed by atoms with Crippen molar-refractivity contribution in [2.45, 2.75) is 146 Å². The van der Waals surface area contributed by atoms with Gasteiger partial charge in [-0.2, -0.15) is 25.3 Å². The van der Waals surface area contributed by atoms with Gasteiger partial charge in [0.2, 0.25) is 41.4 Å². The molecule has 7 amide bonds. The van der Waals surface area contributed by atoms with Crippen LogP contribution in [0, 0.1) is 5.92 Å². The highest BCUT2D eigenvalue weighted by atomic mass is 32.1. The third kappa shape index (κ3) is 16.1. The number of hydrogen-bond acceptors (Lipinski definition) is 14. The Morgan fingerprint density at radius 2 is 1.44 bits per heavy atom. The summed E-state index contributed by atoms with van der Waals surface area (Å²) in [5.74, 6) is -7.28. The number of nitrogens with zero attached hydrogens (tertiary/aromatic N) is 3. The zero-order valence-electron chi connectivity index (χ0n) is 41.6. The number of hydrogen-bond donors (Lipinski definition) is 9. The Labute approximate surface area is 431 Å². The Bertz CT molecular complexity index is 2280. The number of rotatable bonds is 14. The van der Waals surface area contributed by atoms with Crippen LogP contribution in [-0.2, 0) is 54.4 Å². The summed E-state index contributed by atoms with van der Waals surface area (Å²) in [6, 6.07) is -0.567. The molecule has 4 heterocycles. The van der Waals surface area contributed by atoms with Gasteiger partial charge in [-0.25, -0.2) is 0 Å². The molecule has 3 saturated heterocycles. The molecular formula is C50H73N9O11S2. The van der Waals surface area contributed by atoms with Crippen LogP contribution in [0.4, 0.5) is 0 Å². The number of unbranched alkanes of at least 4 members (excludes halogenated alkanes) is 1. The monoisotopic (exact) mass is 1040 g/mol. The highest BCUT2D eigenvalue weighted by Gasteiger charge is 2.40. The molecule has 72 heavy (non-hydrogen) atoms. The number of thiol groups is 2. The molecular weight excluding hydrogens is 967 g/mol. The molecule has 22 heteroatoms. The van der Waals surface area contributed by atoms with Crippen molar-refractivity contribution in [1.82, 2.24) is 46.3 Å². The fraction of sp³-hybridized carbons (Fsp3) is 0.640. The number of aliphatic hydroxyl groups excluding tert-OH is 1. The lowest BCUT2D eigenvalue weighted by atomic mass is 9.89. The molecule has 1 unspecified atom stereocenters. The first kappa shape index (κ1) is 57.6. The SMILES string of the molecule is CC(=O)[C@@H]1CCCN1C(=O)C1CC(=O)N[C@@H](CS)C(=O)N[C@@H](CCCCN(C)C)C(=O)C[C@@H](Cc2c[nH]c3ccccc23)C(=O)N[C@@H](CS)C(=O)CCCCC[C@H](NC(=O)[C@@H]2CCCN2C(=O)CO)C(=O)N1. The van der Waals surface area contributed by atoms with Crippen LogP contribution in [-0.4, -0.2) is 178 Å². The molecule has 3 aliphatic rings. The zero-order chi connectivity index (χ0) is 52.5. The van der Waals surface area contributed by atoms with Crippen molar-refractivity contribution in [1.29, 1.82) is 0 Å². The van der Waals surface area contributed by atoms with Crippen LogP contribution in [0.15, 0.2) is 30.5 Å². The van der Waals surface area contributed by atoms with Gasteiger partial charge in [0.05, 0.1) is 24.5 Å². The summed E-state index contributed by atoms with van der Waals surface area (Å²) in [4.78, 5) is 146. The fourth-order valence-electron chi connectivity index (χ4n) is 9.81. The number of carbonyl (C=O) groups is 10. The van der Waals surface area contributed by atoms with E-state index in [2.05, 4.69) is 56.8 Å². The number of aliphatic hydroxyl groups is 1. The van der Waals surface area contributed by atoms with Crippen molar-refractivity contribution in [2.24, 2.45) is 5.92 Å². The van der Waals surface area contributed by atoms with Gasteiger partial charge < -0.3 is 51.4 Å². The standard InChI is InChI=1S/C50H73N9O11S2/c1-30(61)40-17-11-22-59(40)50(70)37-25-44(64)52-39(29-72)48(68)53-35(15-9-10-20-57(2)3)43(63)24-31(23-32-26-51-34-14-8-7-13-33(32)34)46(66)56-38(28-71)42(62)19-6-4-5-16-36(47(67)55-37)54-49(69)41-18-12-21-58(41)45(65)27-60/h7-8,13-14,26,31,35-41,51,60,71-72H,4-6,9-12,15-25,27-29H2,1-3H3,(H,52,64)(H,53,68)(H,54,69)(H,55,67)(H,56,66)/t31-,35+,36+,37?,38+,39+,40+,41+/m1/s1. The number of H-pyrrole nitrogens is 1. The van der Waals surface area contributed by atoms with E-state index in [9.17, 15) is 53.1 Å². The number of carbonyl (C=O) groups excluding carboxylic acids is 10. The molecule has 396 valence electrons. The van der Waals surface area contributed by atoms with E-state index in [0.29, 0.717) is 51.5 Å². The van der Waals surface area contributed by atoms with Crippen LogP contribution in [0.1, 0.15) is 102 Å². The Kier molecular flexibility index (Phi) is 22.6. The van der Waals surface area contributed by atoms with Gasteiger partial charge in [0.15, 0.2) is 17.3 Å². The maximum Gasteiger partial charge on any atom is 0.248 e. The molecule has 5 rings (SSSR count). The molecule has 0 spiro atoms. The third-order valence-electron chi connectivity index (χ3n) is 13.8. The number of Topliss-reactive ketones (excluding diaryl/α,β-unsaturated/α-hetero) is 3. The normalized spacial score (nSPS) is 26.0. The predicted octanol–water partition coefficient (Wildman–Crippen LogP) is 0.788. The van der Waals surface area contributed by atoms with E-state index in [1.54, 1.807) is 6.20 Å². The lowest BCUT2D eigenvalue weighted by molar-refractivity contribution is -0.143. The van der Waals surface area contributed by atoms with Gasteiger partial charge in [0, 0.05) is 60.5 Å². The quantitative estimate of drug-likeness (QED) is 0.0939. The predicted molar refractivity (Wildman–Crippen MR) is 275 cm³/mol. The molecule has 7 N–H and O–H groups in total. The van der Waals surface area contributed by atoms with E-state index in [0.717, 1.165) is 16.5 Å². The number of fused-ring (bicyclic) bond motifs is 1. The van der Waals surface area contributed by atoms with Gasteiger partial charge >= 0.3 is 0 Å². The summed E-state index contributed by atoms with van der Waals surface area (Å²) in [6.45, 7) is 1.63. The van der Waals surface area contributed by atoms with Crippen molar-refractivity contribution in [3.05, 3.63) is 36.0 Å². The number of amides is 7. The molecule has 3 aliphatic heterocycles. The Hall–Kier alpha value is -5.32. The second-order valence-corrected chi connectivity index (χ2v) is 20.2. The van der Waals surface area contributed by atoms with E-state index in [4.69, 9.17) is 0 Å². The Balaban J connectivity index is 1.48. The van der Waals surface area contributed by atoms with Crippen LogP contribution in [0.3, 0.4) is 0 Å². The maximum atomic E-state index is 14.5. The molecule has 0 aliphatic carbocycles. The Morgan fingerprint density at radius 1 is 0.750 bits per heavy atom. The van der Waals surface area contributed by atoms with Crippen molar-refractivity contribution in [3.63, 3.8) is 0 Å². The first-order valence-corrected chi connectivity index (χ1v) is 26.4. The van der Waals surface area contributed by atoms with Crippen molar-refractivity contribution in [2.75, 3.05) is 51.8 Å². The van der Waals surface area contributed by atoms with Crippen LogP contribution in [0.5, 0.6) is 0 Å². The second-order valence-electron chi connectivity index (χ2n) is 19.4. The summed E-state index contributed by atoms with van der Waals surface area (Å²) >= 11 is 8.78. The largest absolute Gasteiger partial charge is 0.387 e. The molecule has 1 aromatic heterocycles. The van der Waals surface area contributed by atoms with E-state index in [1.807, 2.05) is 43.3 Å². The van der Waals surface area contributed by atoms with E-state index < -0.39 is 108 Å². The molecule has 20 nitrogen and oxygen atoms in total. The van der Waals surface area contributed by atoms with Crippen LogP contribution >= 0.6 is 25.3 Å². The smallest absolute Gasteiger partial charge is 0.248 e. The van der Waals surface area contributed by atoms with Gasteiger partial charge in [-0.05, 0) is 103 Å². The number of aromatic nitrogens is 1. The van der Waals surface area contributed by atoms with Gasteiger partial charge in [-0.15, -0.1) is 0 Å². The summed E-state index contributed by atoms with van der Waals surface area (Å²) in [5, 5.41) is 24.1. The van der Waals surface area contributed by atoms with Gasteiger partial charge in [-0.1, -0.05) is 31.0 Å². The Morgan fingerprint density at radius 3 is 2.14 bits per heavy atom. The molecule has 0 radical (unpaired) electrons. The third-order valence-corrected chi connectivity index (χ3v) is 14.5. The van der Waals surface area contributed by atoms with E-state index in [1.165, 1.54) is 16.7 Å². The first-order valence-electron chi connectivity index (χ1n) is 25.1. The fourth-order valence-corrected chi connectivity index (χ4v) is 10.4. The number of benzene rings is 1. The van der Waals surface area contributed by atoms with Gasteiger partial charge in [0.25, 0.3) is 0 Å². The molecule has 2 aromatic rings. The minimum absolute atomic E-state index is 0.00775. The lowest BCUT2D eigenvalue weighted by Crippen LogP contribution is -2.59. The van der Waals surface area contributed by atoms with Crippen LogP contribution < -0.4 is 26.6 Å². The average Bonchev–Trinajstić information content (AvgIpc) is 4.15. The van der Waals surface area contributed by atoms with E-state index >= 15 is 0 Å². The average molecular weight is 1040 g/mol. The van der Waals surface area contributed by atoms with Crippen molar-refractivity contribution >= 4 is 94.9 Å². The minimum atomic E-state index is -1.57. The second kappa shape index (κ2) is 28.2. The molecule has 0 saturated carbocycles. The summed E-state index contributed by atoms with van der Waals surface area (Å²) < 4.78 is 0. The molecule has 0 bridgehead atoms. The number of para-hydroxylation sites is 1. The van der Waals surface area contributed by atoms with Gasteiger partial charge in [0.1, 0.15) is 30.8 Å². The minimum Gasteiger partial charge on any atom is -0.387 e. The highest BCUT2D eigenvalue weighted by molar-refractivity contribution is 7.80. The number of ketones is 3. The molecule has 8 atom stereocenters. The maximum absolute atomic E-state index is 14.5. The summed E-state index contributed by atoms with van der Waals surface area (Å²) in [6.07, 6.45) is 4.96. The van der Waals surface area contributed by atoms with E-state index in [-0.39, 0.29) is 81.1 Å². The number of nitrogens with one attached hydrogen (secondary N) is 6. The topological polar surface area (TPSA) is 277 Å². The van der Waals surface area contributed by atoms with Crippen LogP contribution in [0.2, 0.25) is 0 Å².